The summed E-state index contributed by atoms with van der Waals surface area (Å²) in [6, 6.07) is 7.56. The maximum Gasteiger partial charge on any atom is 0.348 e. The molecule has 3 atom stereocenters. The van der Waals surface area contributed by atoms with E-state index in [1.54, 1.807) is 0 Å². The molecule has 0 spiro atoms. The summed E-state index contributed by atoms with van der Waals surface area (Å²) in [5.74, 6) is -10.3. The molecule has 8 radical (unpaired) electrons. The summed E-state index contributed by atoms with van der Waals surface area (Å²) in [5.41, 5.74) is 0.209. The second kappa shape index (κ2) is 9.42. The van der Waals surface area contributed by atoms with Gasteiger partial charge in [-0.3, -0.25) is 19.2 Å². The highest BCUT2D eigenvalue weighted by Gasteiger charge is 2.45. The number of benzene rings is 2. The van der Waals surface area contributed by atoms with Gasteiger partial charge in [-0.2, -0.15) is 8.78 Å². The van der Waals surface area contributed by atoms with Gasteiger partial charge in [-0.25, -0.2) is 0 Å². The number of amides is 4. The van der Waals surface area contributed by atoms with E-state index in [4.69, 9.17) is 43.3 Å². The van der Waals surface area contributed by atoms with Gasteiger partial charge in [0.2, 0.25) is 27.8 Å². The molecule has 174 valence electrons. The molecule has 2 aliphatic rings. The molecule has 2 aliphatic heterocycles. The van der Waals surface area contributed by atoms with E-state index in [2.05, 4.69) is 0 Å². The first-order chi connectivity index (χ1) is 16.8. The van der Waals surface area contributed by atoms with E-state index >= 15 is 0 Å². The third-order valence-corrected chi connectivity index (χ3v) is 6.49. The van der Waals surface area contributed by atoms with Crippen molar-refractivity contribution in [3.8, 4) is 0 Å². The number of carbonyl (C=O) groups is 4. The Hall–Kier alpha value is -3.07. The van der Waals surface area contributed by atoms with Crippen LogP contribution in [0.4, 0.5) is 8.78 Å². The minimum Gasteiger partial charge on any atom is -0.393 e. The summed E-state index contributed by atoms with van der Waals surface area (Å²) < 4.78 is 29.5. The van der Waals surface area contributed by atoms with Crippen LogP contribution in [0.15, 0.2) is 42.5 Å². The Morgan fingerprint density at radius 3 is 2.39 bits per heavy atom. The van der Waals surface area contributed by atoms with Crippen LogP contribution in [0.25, 0.3) is 0 Å². The van der Waals surface area contributed by atoms with E-state index in [1.165, 1.54) is 35.2 Å². The van der Waals surface area contributed by atoms with Crippen molar-refractivity contribution < 1.29 is 28.0 Å². The zero-order chi connectivity index (χ0) is 26.5. The molecule has 2 aromatic carbocycles. The fraction of sp³-hybridized carbons (Fsp3) is 0.273. The first kappa shape index (κ1) is 26.0. The van der Waals surface area contributed by atoms with Gasteiger partial charge >= 0.3 is 5.92 Å². The number of rotatable bonds is 5. The number of nitrogens with zero attached hydrogens (tertiary/aromatic N) is 3. The van der Waals surface area contributed by atoms with Crippen LogP contribution in [0.5, 0.6) is 0 Å². The Labute approximate surface area is 215 Å². The highest BCUT2D eigenvalue weighted by Crippen LogP contribution is 2.35. The standard InChI is InChI=1S/C22H14B4ClF2N3O4/c23-15-8-16(20(35)32(26)19(15)34)30-9-11-7-10(1-6-14(11)18(30)33)17(24)31(25)21(36)22(28,29)12-2-4-13(27)5-3-12/h1-7,15-17H,8-9H2. The number of hydrogen-bond acceptors (Lipinski definition) is 4. The first-order valence-electron chi connectivity index (χ1n) is 10.6. The Bertz CT molecular complexity index is 1270. The molecule has 1 saturated heterocycles. The van der Waals surface area contributed by atoms with Gasteiger partial charge in [-0.15, -0.1) is 0 Å². The molecule has 36 heavy (non-hydrogen) atoms. The van der Waals surface area contributed by atoms with Crippen LogP contribution >= 0.6 is 11.6 Å². The van der Waals surface area contributed by atoms with Gasteiger partial charge in [0, 0.05) is 34.5 Å². The lowest BCUT2D eigenvalue weighted by Gasteiger charge is -2.37. The second-order valence-electron chi connectivity index (χ2n) is 8.49. The highest BCUT2D eigenvalue weighted by molar-refractivity contribution is 6.35. The van der Waals surface area contributed by atoms with Gasteiger partial charge in [-0.1, -0.05) is 35.9 Å². The zero-order valence-corrected chi connectivity index (χ0v) is 19.4. The van der Waals surface area contributed by atoms with Crippen molar-refractivity contribution in [2.75, 3.05) is 0 Å². The third-order valence-electron chi connectivity index (χ3n) is 6.24. The Morgan fingerprint density at radius 2 is 1.75 bits per heavy atom. The van der Waals surface area contributed by atoms with Gasteiger partial charge in [0.25, 0.3) is 11.8 Å². The topological polar surface area (TPSA) is 78.0 Å². The molecule has 3 unspecified atom stereocenters. The van der Waals surface area contributed by atoms with Crippen molar-refractivity contribution >= 4 is 66.9 Å². The average Bonchev–Trinajstić information content (AvgIpc) is 3.19. The number of piperidine rings is 1. The van der Waals surface area contributed by atoms with Crippen molar-refractivity contribution in [3.63, 3.8) is 0 Å². The van der Waals surface area contributed by atoms with Crippen LogP contribution in [0.2, 0.25) is 10.8 Å². The van der Waals surface area contributed by atoms with Gasteiger partial charge in [-0.05, 0) is 35.7 Å². The molecule has 2 aromatic rings. The average molecular weight is 501 g/mol. The van der Waals surface area contributed by atoms with Gasteiger partial charge in [0.05, 0.1) is 7.85 Å². The van der Waals surface area contributed by atoms with Crippen molar-refractivity contribution in [3.05, 3.63) is 69.7 Å². The van der Waals surface area contributed by atoms with E-state index in [9.17, 15) is 28.0 Å². The van der Waals surface area contributed by atoms with Crippen molar-refractivity contribution in [2.24, 2.45) is 0 Å². The van der Waals surface area contributed by atoms with E-state index in [0.29, 0.717) is 10.4 Å². The molecule has 4 amide bonds. The second-order valence-corrected chi connectivity index (χ2v) is 8.93. The quantitative estimate of drug-likeness (QED) is 0.458. The number of imide groups is 1. The number of alkyl halides is 2. The largest absolute Gasteiger partial charge is 0.393 e. The highest BCUT2D eigenvalue weighted by atomic mass is 35.5. The molecule has 0 aliphatic carbocycles. The maximum absolute atomic E-state index is 14.8. The summed E-state index contributed by atoms with van der Waals surface area (Å²) in [4.78, 5) is 51.6. The van der Waals surface area contributed by atoms with Crippen molar-refractivity contribution in [1.82, 2.24) is 14.5 Å². The van der Waals surface area contributed by atoms with Gasteiger partial charge in [0.1, 0.15) is 13.9 Å². The molecule has 0 aromatic heterocycles. The van der Waals surface area contributed by atoms with Crippen molar-refractivity contribution in [1.29, 1.82) is 0 Å². The molecule has 0 saturated carbocycles. The van der Waals surface area contributed by atoms with Gasteiger partial charge in [0.15, 0.2) is 0 Å². The zero-order valence-electron chi connectivity index (χ0n) is 18.6. The molecule has 2 heterocycles. The van der Waals surface area contributed by atoms with Crippen LogP contribution in [-0.4, -0.2) is 75.8 Å². The third kappa shape index (κ3) is 4.34. The first-order valence-corrected chi connectivity index (χ1v) is 11.0. The van der Waals surface area contributed by atoms with Gasteiger partial charge < -0.3 is 14.5 Å². The minimum atomic E-state index is -3.98. The van der Waals surface area contributed by atoms with Crippen molar-refractivity contribution in [2.45, 2.75) is 36.7 Å². The Morgan fingerprint density at radius 1 is 1.11 bits per heavy atom. The molecule has 14 heteroatoms. The molecule has 7 nitrogen and oxygen atoms in total. The predicted molar refractivity (Wildman–Crippen MR) is 128 cm³/mol. The number of carbonyl (C=O) groups excluding carboxylic acids is 4. The molecule has 4 rings (SSSR count). The van der Waals surface area contributed by atoms with E-state index in [1.807, 2.05) is 0 Å². The van der Waals surface area contributed by atoms with E-state index in [0.717, 1.165) is 12.1 Å². The number of halogens is 3. The van der Waals surface area contributed by atoms with E-state index < -0.39 is 52.9 Å². The van der Waals surface area contributed by atoms with Crippen LogP contribution in [-0.2, 0) is 26.9 Å². The fourth-order valence-corrected chi connectivity index (χ4v) is 4.31. The summed E-state index contributed by atoms with van der Waals surface area (Å²) in [7, 11) is 23.0. The summed E-state index contributed by atoms with van der Waals surface area (Å²) in [6.07, 6.45) is -0.109. The van der Waals surface area contributed by atoms with Crippen LogP contribution in [0.1, 0.15) is 39.4 Å². The molecule has 0 bridgehead atoms. The molecular formula is C22H14B4ClF2N3O4. The maximum atomic E-state index is 14.8. The smallest absolute Gasteiger partial charge is 0.348 e. The Balaban J connectivity index is 1.54. The summed E-state index contributed by atoms with van der Waals surface area (Å²) in [6.45, 7) is -0.0562. The SMILES string of the molecule is [B]C1CC(N2Cc3cc(C([B])N([B])C(=O)C(F)(F)c4ccc(Cl)cc4)ccc3C2=O)C(=O)N([B])C1=O. The lowest BCUT2D eigenvalue weighted by atomic mass is 9.76. The monoisotopic (exact) mass is 501 g/mol. The van der Waals surface area contributed by atoms with Crippen LogP contribution in [0.3, 0.4) is 0 Å². The molecular weight excluding hydrogens is 487 g/mol. The number of fused-ring (bicyclic) bond motifs is 1. The normalized spacial score (nSPS) is 20.9. The minimum absolute atomic E-state index is 0.0562. The Kier molecular flexibility index (Phi) is 6.81. The van der Waals surface area contributed by atoms with Crippen LogP contribution < -0.4 is 0 Å². The predicted octanol–water partition coefficient (Wildman–Crippen LogP) is 1.33. The molecule has 0 N–H and O–H groups in total. The summed E-state index contributed by atoms with van der Waals surface area (Å²) >= 11 is 5.72. The lowest BCUT2D eigenvalue weighted by molar-refractivity contribution is -0.154. The summed E-state index contributed by atoms with van der Waals surface area (Å²) in [5, 5.41) is 0.215. The number of hydrogen-bond donors (Lipinski definition) is 0. The van der Waals surface area contributed by atoms with E-state index in [-0.39, 0.29) is 33.9 Å². The fourth-order valence-electron chi connectivity index (χ4n) is 4.18. The lowest BCUT2D eigenvalue weighted by Crippen LogP contribution is -2.55. The van der Waals surface area contributed by atoms with Crippen LogP contribution in [0, 0.1) is 0 Å². The molecule has 1 fully saturated rings.